The van der Waals surface area contributed by atoms with Crippen LogP contribution in [0, 0.1) is 27.7 Å². The topological polar surface area (TPSA) is 84.7 Å². The molecule has 1 aliphatic rings. The van der Waals surface area contributed by atoms with Crippen molar-refractivity contribution >= 4 is 66.0 Å². The van der Waals surface area contributed by atoms with Gasteiger partial charge in [-0.05, 0) is 124 Å². The minimum absolute atomic E-state index is 0.0892. The molecule has 0 aromatic heterocycles. The van der Waals surface area contributed by atoms with E-state index >= 15 is 0 Å². The lowest BCUT2D eigenvalue weighted by Crippen LogP contribution is -2.21. The normalized spacial score (nSPS) is 11.3. The summed E-state index contributed by atoms with van der Waals surface area (Å²) in [5, 5.41) is 2.53. The van der Waals surface area contributed by atoms with Gasteiger partial charge in [-0.2, -0.15) is 0 Å². The van der Waals surface area contributed by atoms with Gasteiger partial charge >= 0.3 is 0 Å². The molecule has 0 saturated carbocycles. The molecule has 0 bridgehead atoms. The minimum Gasteiger partial charge on any atom is -0.398 e. The van der Waals surface area contributed by atoms with Crippen LogP contribution in [0.4, 0.5) is 11.4 Å². The molecule has 0 spiro atoms. The SMILES string of the molecule is C1CCOC1.CCN(CC)CC.Cc1cccc(C)c1N.Cc1cccc(C)c1NC(=O)c1cccc(Br)c1.O=C(Cl)c1cccc(Br)c1. The monoisotopic (exact) mass is 815 g/mol. The third-order valence-electron chi connectivity index (χ3n) is 7.57. The van der Waals surface area contributed by atoms with E-state index in [9.17, 15) is 9.59 Å². The predicted octanol–water partition coefficient (Wildman–Crippen LogP) is 11.2. The number of hydrogen-bond acceptors (Lipinski definition) is 5. The molecule has 0 atom stereocenters. The Morgan fingerprint density at radius 3 is 1.45 bits per heavy atom. The number of ether oxygens (including phenoxy) is 1. The largest absolute Gasteiger partial charge is 0.398 e. The number of aryl methyl sites for hydroxylation is 4. The molecule has 6 nitrogen and oxygen atoms in total. The average Bonchev–Trinajstić information content (AvgIpc) is 3.68. The van der Waals surface area contributed by atoms with Crippen LogP contribution in [0.1, 0.15) is 76.6 Å². The van der Waals surface area contributed by atoms with Gasteiger partial charge in [0.1, 0.15) is 0 Å². The third kappa shape index (κ3) is 18.0. The Morgan fingerprint density at radius 2 is 1.12 bits per heavy atom. The maximum Gasteiger partial charge on any atom is 0.255 e. The van der Waals surface area contributed by atoms with Gasteiger partial charge in [0.15, 0.2) is 0 Å². The van der Waals surface area contributed by atoms with Gasteiger partial charge in [-0.25, -0.2) is 0 Å². The number of nitrogen functional groups attached to an aromatic ring is 1. The number of halogens is 3. The van der Waals surface area contributed by atoms with E-state index in [4.69, 9.17) is 22.1 Å². The van der Waals surface area contributed by atoms with Crippen molar-refractivity contribution in [3.8, 4) is 0 Å². The highest BCUT2D eigenvalue weighted by molar-refractivity contribution is 9.10. The van der Waals surface area contributed by atoms with Gasteiger partial charge in [-0.1, -0.05) is 107 Å². The Balaban J connectivity index is 0.000000331. The van der Waals surface area contributed by atoms with Crippen molar-refractivity contribution in [1.82, 2.24) is 4.90 Å². The molecule has 1 heterocycles. The number of anilines is 2. The first-order valence-corrected chi connectivity index (χ1v) is 18.5. The lowest BCUT2D eigenvalue weighted by molar-refractivity contribution is 0.102. The number of benzene rings is 4. The molecule has 0 radical (unpaired) electrons. The zero-order valence-corrected chi connectivity index (χ0v) is 33.8. The van der Waals surface area contributed by atoms with E-state index in [1.165, 1.54) is 32.5 Å². The molecule has 3 N–H and O–H groups in total. The summed E-state index contributed by atoms with van der Waals surface area (Å²) in [5.41, 5.74) is 13.1. The maximum atomic E-state index is 12.1. The number of hydrogen-bond donors (Lipinski definition) is 2. The van der Waals surface area contributed by atoms with E-state index in [-0.39, 0.29) is 5.91 Å². The van der Waals surface area contributed by atoms with Crippen molar-refractivity contribution in [2.75, 3.05) is 43.9 Å². The van der Waals surface area contributed by atoms with Crippen molar-refractivity contribution in [2.24, 2.45) is 0 Å². The van der Waals surface area contributed by atoms with Crippen LogP contribution in [0.2, 0.25) is 0 Å². The first-order chi connectivity index (χ1) is 23.3. The number of rotatable bonds is 6. The molecule has 5 rings (SSSR count). The number of amides is 1. The van der Waals surface area contributed by atoms with Crippen LogP contribution in [-0.2, 0) is 4.74 Å². The number of para-hydroxylation sites is 2. The number of carbonyl (C=O) groups is 2. The van der Waals surface area contributed by atoms with Gasteiger partial charge in [0.25, 0.3) is 11.1 Å². The van der Waals surface area contributed by atoms with E-state index in [0.29, 0.717) is 11.1 Å². The highest BCUT2D eigenvalue weighted by Gasteiger charge is 2.09. The molecule has 1 aliphatic heterocycles. The molecule has 49 heavy (non-hydrogen) atoms. The van der Waals surface area contributed by atoms with Gasteiger partial charge < -0.3 is 20.7 Å². The molecule has 0 aliphatic carbocycles. The smallest absolute Gasteiger partial charge is 0.255 e. The second-order valence-electron chi connectivity index (χ2n) is 11.3. The first kappa shape index (κ1) is 44.0. The van der Waals surface area contributed by atoms with Gasteiger partial charge in [-0.15, -0.1) is 0 Å². The van der Waals surface area contributed by atoms with Crippen LogP contribution in [0.25, 0.3) is 0 Å². The average molecular weight is 818 g/mol. The van der Waals surface area contributed by atoms with Crippen LogP contribution in [0.5, 0.6) is 0 Å². The molecule has 4 aromatic carbocycles. The second-order valence-corrected chi connectivity index (χ2v) is 13.4. The zero-order valence-electron chi connectivity index (χ0n) is 29.9. The van der Waals surface area contributed by atoms with Crippen molar-refractivity contribution in [3.63, 3.8) is 0 Å². The van der Waals surface area contributed by atoms with Gasteiger partial charge in [0.2, 0.25) is 0 Å². The molecule has 266 valence electrons. The first-order valence-electron chi connectivity index (χ1n) is 16.5. The predicted molar refractivity (Wildman–Crippen MR) is 216 cm³/mol. The standard InChI is InChI=1S/C15H14BrNO.C8H11N.C7H4BrClO.C6H15N.C4H8O/c1-10-5-3-6-11(2)14(10)17-15(18)12-7-4-8-13(16)9-12;1-6-4-3-5-7(2)8(6)9;8-6-3-1-2-5(4-6)7(9)10;1-4-7(5-2)6-3;1-2-4-5-3-1/h3-9H,1-2H3,(H,17,18);3-5H,9H2,1-2H3;1-4H;4-6H2,1-3H3;1-4H2. The lowest BCUT2D eigenvalue weighted by Gasteiger charge is -2.13. The summed E-state index contributed by atoms with van der Waals surface area (Å²) in [6.45, 7) is 20.1. The molecule has 0 unspecified atom stereocenters. The molecular weight excluding hydrogens is 766 g/mol. The summed E-state index contributed by atoms with van der Waals surface area (Å²) in [5.74, 6) is -0.0892. The van der Waals surface area contributed by atoms with Crippen LogP contribution < -0.4 is 11.1 Å². The van der Waals surface area contributed by atoms with E-state index in [2.05, 4.69) is 62.8 Å². The van der Waals surface area contributed by atoms with Crippen molar-refractivity contribution in [2.45, 2.75) is 61.3 Å². The Kier molecular flexibility index (Phi) is 22.5. The fraction of sp³-hybridized carbons (Fsp3) is 0.350. The van der Waals surface area contributed by atoms with Gasteiger partial charge in [-0.3, -0.25) is 9.59 Å². The molecule has 9 heteroatoms. The summed E-state index contributed by atoms with van der Waals surface area (Å²) in [6.07, 6.45) is 2.56. The highest BCUT2D eigenvalue weighted by atomic mass is 79.9. The number of carbonyl (C=O) groups excluding carboxylic acids is 2. The van der Waals surface area contributed by atoms with E-state index in [0.717, 1.165) is 55.8 Å². The van der Waals surface area contributed by atoms with Crippen LogP contribution >= 0.6 is 43.5 Å². The minimum atomic E-state index is -0.429. The molecule has 1 fully saturated rings. The maximum absolute atomic E-state index is 12.1. The summed E-state index contributed by atoms with van der Waals surface area (Å²) in [7, 11) is 0. The molecule has 1 saturated heterocycles. The summed E-state index contributed by atoms with van der Waals surface area (Å²) in [6, 6.07) is 26.3. The van der Waals surface area contributed by atoms with Gasteiger partial charge in [0, 0.05) is 44.7 Å². The van der Waals surface area contributed by atoms with Crippen LogP contribution in [0.15, 0.2) is 93.9 Å². The highest BCUT2D eigenvalue weighted by Crippen LogP contribution is 2.21. The van der Waals surface area contributed by atoms with Crippen LogP contribution in [-0.4, -0.2) is 48.9 Å². The Hall–Kier alpha value is -3.01. The third-order valence-corrected chi connectivity index (χ3v) is 8.77. The summed E-state index contributed by atoms with van der Waals surface area (Å²) < 4.78 is 6.70. The second kappa shape index (κ2) is 25.0. The van der Waals surface area contributed by atoms with E-state index < -0.39 is 5.24 Å². The summed E-state index contributed by atoms with van der Waals surface area (Å²) in [4.78, 5) is 25.1. The van der Waals surface area contributed by atoms with Crippen molar-refractivity contribution in [3.05, 3.63) is 127 Å². The molecule has 4 aromatic rings. The Bertz CT molecular complexity index is 1520. The quantitative estimate of drug-likeness (QED) is 0.150. The van der Waals surface area contributed by atoms with Crippen molar-refractivity contribution < 1.29 is 14.3 Å². The fourth-order valence-corrected chi connectivity index (χ4v) is 5.36. The lowest BCUT2D eigenvalue weighted by atomic mass is 10.1. The zero-order chi connectivity index (χ0) is 36.8. The Labute approximate surface area is 316 Å². The Morgan fingerprint density at radius 1 is 0.714 bits per heavy atom. The number of nitrogens with one attached hydrogen (secondary N) is 1. The van der Waals surface area contributed by atoms with Gasteiger partial charge in [0.05, 0.1) is 0 Å². The molecular formula is C40H52Br2ClN3O3. The number of nitrogens with two attached hydrogens (primary N) is 1. The summed E-state index contributed by atoms with van der Waals surface area (Å²) >= 11 is 11.8. The number of nitrogens with zero attached hydrogens (tertiary/aromatic N) is 1. The fourth-order valence-electron chi connectivity index (χ4n) is 4.45. The van der Waals surface area contributed by atoms with E-state index in [1.54, 1.807) is 24.3 Å². The molecule has 1 amide bonds. The van der Waals surface area contributed by atoms with Crippen molar-refractivity contribution in [1.29, 1.82) is 0 Å². The van der Waals surface area contributed by atoms with E-state index in [1.807, 2.05) is 88.4 Å². The van der Waals surface area contributed by atoms with Crippen LogP contribution in [0.3, 0.4) is 0 Å².